The fraction of sp³-hybridized carbons (Fsp3) is 0.216. The fourth-order valence-corrected chi connectivity index (χ4v) is 7.39. The van der Waals surface area contributed by atoms with E-state index in [4.69, 9.17) is 9.47 Å². The number of nitrogens with one attached hydrogen (secondary N) is 3. The third kappa shape index (κ3) is 8.52. The molecule has 0 aliphatic carbocycles. The third-order valence-electron chi connectivity index (χ3n) is 7.87. The number of nitrogens with zero attached hydrogens (tertiary/aromatic N) is 2. The molecule has 0 saturated heterocycles. The van der Waals surface area contributed by atoms with Crippen LogP contribution in [0.25, 0.3) is 6.08 Å². The predicted octanol–water partition coefficient (Wildman–Crippen LogP) is 6.07. The van der Waals surface area contributed by atoms with Gasteiger partial charge in [0.2, 0.25) is 11.8 Å². The zero-order valence-corrected chi connectivity index (χ0v) is 29.5. The van der Waals surface area contributed by atoms with Gasteiger partial charge in [0.15, 0.2) is 11.5 Å². The van der Waals surface area contributed by atoms with Crippen LogP contribution in [0.2, 0.25) is 0 Å². The zero-order chi connectivity index (χ0) is 35.8. The van der Waals surface area contributed by atoms with E-state index in [1.165, 1.54) is 44.2 Å². The average molecular weight is 710 g/mol. The van der Waals surface area contributed by atoms with Crippen molar-refractivity contribution in [3.63, 3.8) is 0 Å². The summed E-state index contributed by atoms with van der Waals surface area (Å²) in [5, 5.41) is 18.3. The molecule has 1 aliphatic rings. The Bertz CT molecular complexity index is 2000. The lowest BCUT2D eigenvalue weighted by Gasteiger charge is -2.25. The van der Waals surface area contributed by atoms with E-state index in [9.17, 15) is 24.4 Å². The second-order valence-corrected chi connectivity index (χ2v) is 13.8. The lowest BCUT2D eigenvalue weighted by Crippen LogP contribution is -2.33. The van der Waals surface area contributed by atoms with Crippen molar-refractivity contribution in [2.75, 3.05) is 31.4 Å². The summed E-state index contributed by atoms with van der Waals surface area (Å²) in [5.74, 6) is -0.363. The Kier molecular flexibility index (Phi) is 11.6. The largest absolute Gasteiger partial charge is 0.493 e. The number of benzene rings is 3. The number of carbonyl (C=O) groups excluding carboxylic acids is 4. The Labute approximate surface area is 298 Å². The minimum absolute atomic E-state index is 0.00441. The number of anilines is 2. The summed E-state index contributed by atoms with van der Waals surface area (Å²) in [6.45, 7) is 4.23. The number of thiophene rings is 1. The van der Waals surface area contributed by atoms with Crippen LogP contribution in [0.1, 0.15) is 45.8 Å². The molecule has 256 valence electrons. The van der Waals surface area contributed by atoms with Gasteiger partial charge in [-0.25, -0.2) is 0 Å². The summed E-state index contributed by atoms with van der Waals surface area (Å²) >= 11 is 2.61. The van der Waals surface area contributed by atoms with Crippen molar-refractivity contribution in [3.05, 3.63) is 106 Å². The van der Waals surface area contributed by atoms with Crippen LogP contribution in [-0.4, -0.2) is 54.5 Å². The molecule has 3 N–H and O–H groups in total. The first kappa shape index (κ1) is 35.7. The quantitative estimate of drug-likeness (QED) is 0.126. The van der Waals surface area contributed by atoms with Crippen molar-refractivity contribution in [1.82, 2.24) is 10.2 Å². The van der Waals surface area contributed by atoms with E-state index in [1.54, 1.807) is 84.6 Å². The van der Waals surface area contributed by atoms with E-state index in [0.717, 1.165) is 10.4 Å². The highest BCUT2D eigenvalue weighted by molar-refractivity contribution is 8.00. The van der Waals surface area contributed by atoms with Gasteiger partial charge in [-0.3, -0.25) is 19.2 Å². The number of hydrogen-bond acceptors (Lipinski definition) is 9. The van der Waals surface area contributed by atoms with Gasteiger partial charge >= 0.3 is 0 Å². The Morgan fingerprint density at radius 1 is 0.980 bits per heavy atom. The molecule has 0 saturated carbocycles. The Morgan fingerprint density at radius 3 is 2.44 bits per heavy atom. The second-order valence-electron chi connectivity index (χ2n) is 11.2. The van der Waals surface area contributed by atoms with Crippen LogP contribution < -0.4 is 25.4 Å². The predicted molar refractivity (Wildman–Crippen MR) is 194 cm³/mol. The van der Waals surface area contributed by atoms with Gasteiger partial charge in [0, 0.05) is 34.5 Å². The van der Waals surface area contributed by atoms with E-state index in [2.05, 4.69) is 22.0 Å². The van der Waals surface area contributed by atoms with Crippen LogP contribution in [0.15, 0.2) is 83.4 Å². The van der Waals surface area contributed by atoms with Gasteiger partial charge in [-0.2, -0.15) is 5.26 Å². The number of ether oxygens (including phenoxy) is 2. The molecule has 4 aromatic rings. The Hall–Kier alpha value is -5.58. The third-order valence-corrected chi connectivity index (χ3v) is 10.1. The monoisotopic (exact) mass is 709 g/mol. The second kappa shape index (κ2) is 16.2. The number of fused-ring (bicyclic) bond motifs is 1. The number of thioether (sulfide) groups is 1. The number of rotatable bonds is 11. The maximum Gasteiger partial charge on any atom is 0.272 e. The summed E-state index contributed by atoms with van der Waals surface area (Å²) in [7, 11) is 3.03. The number of nitriles is 1. The Balaban J connectivity index is 1.30. The summed E-state index contributed by atoms with van der Waals surface area (Å²) < 4.78 is 10.7. The van der Waals surface area contributed by atoms with Crippen molar-refractivity contribution < 1.29 is 28.7 Å². The lowest BCUT2D eigenvalue weighted by molar-refractivity contribution is -0.129. The van der Waals surface area contributed by atoms with Gasteiger partial charge in [0.25, 0.3) is 11.8 Å². The molecule has 2 heterocycles. The van der Waals surface area contributed by atoms with Crippen LogP contribution in [0.4, 0.5) is 10.7 Å². The molecule has 4 amide bonds. The molecule has 1 aromatic heterocycles. The SMILES string of the molecule is COc1ccc(/C=C(/NC(=O)c2ccccc2)C(=O)Nc2cccc(SC(C)C(=O)Nc3sc4c(c3C#N)CCN(C(C)=O)C4)c2)cc1OC. The minimum Gasteiger partial charge on any atom is -0.493 e. The minimum atomic E-state index is -0.564. The van der Waals surface area contributed by atoms with E-state index in [0.29, 0.717) is 63.3 Å². The van der Waals surface area contributed by atoms with Crippen LogP contribution in [0, 0.1) is 11.3 Å². The van der Waals surface area contributed by atoms with Gasteiger partial charge in [0.1, 0.15) is 16.8 Å². The van der Waals surface area contributed by atoms with Crippen molar-refractivity contribution in [2.45, 2.75) is 37.0 Å². The van der Waals surface area contributed by atoms with Crippen molar-refractivity contribution in [1.29, 1.82) is 5.26 Å². The van der Waals surface area contributed by atoms with Gasteiger partial charge < -0.3 is 30.3 Å². The molecule has 50 heavy (non-hydrogen) atoms. The van der Waals surface area contributed by atoms with E-state index in [1.807, 2.05) is 6.07 Å². The molecule has 1 unspecified atom stereocenters. The van der Waals surface area contributed by atoms with Crippen molar-refractivity contribution in [2.24, 2.45) is 0 Å². The summed E-state index contributed by atoms with van der Waals surface area (Å²) in [4.78, 5) is 55.2. The smallest absolute Gasteiger partial charge is 0.272 e. The molecule has 0 radical (unpaired) electrons. The maximum absolute atomic E-state index is 13.6. The Morgan fingerprint density at radius 2 is 1.74 bits per heavy atom. The molecule has 1 aliphatic heterocycles. The molecule has 13 heteroatoms. The molecule has 0 spiro atoms. The van der Waals surface area contributed by atoms with Gasteiger partial charge in [-0.1, -0.05) is 30.3 Å². The lowest BCUT2D eigenvalue weighted by atomic mass is 10.0. The van der Waals surface area contributed by atoms with Crippen LogP contribution in [0.5, 0.6) is 11.5 Å². The van der Waals surface area contributed by atoms with Crippen LogP contribution in [-0.2, 0) is 27.3 Å². The van der Waals surface area contributed by atoms with Gasteiger partial charge in [-0.15, -0.1) is 23.1 Å². The van der Waals surface area contributed by atoms with Crippen molar-refractivity contribution in [3.8, 4) is 17.6 Å². The summed E-state index contributed by atoms with van der Waals surface area (Å²) in [6.07, 6.45) is 2.10. The molecule has 3 aromatic carbocycles. The van der Waals surface area contributed by atoms with Crippen LogP contribution in [0.3, 0.4) is 0 Å². The normalized spacial score (nSPS) is 12.9. The molecule has 0 bridgehead atoms. The molecule has 0 fully saturated rings. The number of methoxy groups -OCH3 is 2. The maximum atomic E-state index is 13.6. The van der Waals surface area contributed by atoms with E-state index < -0.39 is 17.1 Å². The first-order valence-corrected chi connectivity index (χ1v) is 17.3. The zero-order valence-electron chi connectivity index (χ0n) is 27.9. The highest BCUT2D eigenvalue weighted by Crippen LogP contribution is 2.37. The van der Waals surface area contributed by atoms with Gasteiger partial charge in [-0.05, 0) is 73.0 Å². The highest BCUT2D eigenvalue weighted by Gasteiger charge is 2.27. The highest BCUT2D eigenvalue weighted by atomic mass is 32.2. The van der Waals surface area contributed by atoms with E-state index in [-0.39, 0.29) is 17.5 Å². The molecular formula is C37H35N5O6S2. The van der Waals surface area contributed by atoms with Gasteiger partial charge in [0.05, 0.1) is 31.6 Å². The standard InChI is InChI=1S/C37H35N5O6S2/c1-22(34(44)41-37-29(20-38)28-15-16-42(23(2)43)21-33(28)50-37)49-27-12-8-11-26(19-27)39-36(46)30(40-35(45)25-9-6-5-7-10-25)17-24-13-14-31(47-3)32(18-24)48-4/h5-14,17-19,22H,15-16,21H2,1-4H3,(H,39,46)(H,40,45)(H,41,44)/b30-17+. The first-order chi connectivity index (χ1) is 24.1. The number of amides is 4. The molecule has 5 rings (SSSR count). The van der Waals surface area contributed by atoms with Crippen molar-refractivity contribution >= 4 is 63.5 Å². The average Bonchev–Trinajstić information content (AvgIpc) is 3.47. The van der Waals surface area contributed by atoms with Crippen LogP contribution >= 0.6 is 23.1 Å². The topological polar surface area (TPSA) is 150 Å². The summed E-state index contributed by atoms with van der Waals surface area (Å²) in [6, 6.07) is 22.9. The summed E-state index contributed by atoms with van der Waals surface area (Å²) in [5.41, 5.74) is 2.75. The molecule has 1 atom stereocenters. The number of carbonyl (C=O) groups is 4. The fourth-order valence-electron chi connectivity index (χ4n) is 5.25. The molecular weight excluding hydrogens is 675 g/mol. The molecule has 11 nitrogen and oxygen atoms in total. The number of hydrogen-bond donors (Lipinski definition) is 3. The first-order valence-electron chi connectivity index (χ1n) is 15.6. The van der Waals surface area contributed by atoms with E-state index >= 15 is 0 Å².